The number of aromatic nitrogens is 1. The third-order valence-electron chi connectivity index (χ3n) is 3.43. The van der Waals surface area contributed by atoms with Crippen molar-refractivity contribution in [1.29, 1.82) is 0 Å². The van der Waals surface area contributed by atoms with Gasteiger partial charge in [-0.2, -0.15) is 0 Å². The van der Waals surface area contributed by atoms with Gasteiger partial charge in [0.1, 0.15) is 10.5 Å². The highest BCUT2D eigenvalue weighted by molar-refractivity contribution is 7.17. The second kappa shape index (κ2) is 4.35. The van der Waals surface area contributed by atoms with Crippen LogP contribution >= 0.6 is 11.3 Å². The van der Waals surface area contributed by atoms with E-state index in [2.05, 4.69) is 22.8 Å². The van der Waals surface area contributed by atoms with Gasteiger partial charge in [0.15, 0.2) is 0 Å². The van der Waals surface area contributed by atoms with Crippen LogP contribution in [0.2, 0.25) is 0 Å². The summed E-state index contributed by atoms with van der Waals surface area (Å²) in [5.41, 5.74) is 0.893. The molecule has 0 N–H and O–H groups in total. The molecule has 4 heteroatoms. The Labute approximate surface area is 118 Å². The van der Waals surface area contributed by atoms with Gasteiger partial charge in [0.05, 0.1) is 6.54 Å². The van der Waals surface area contributed by atoms with E-state index in [0.717, 1.165) is 10.9 Å². The molecule has 4 rings (SSSR count). The third-order valence-corrected chi connectivity index (χ3v) is 4.34. The van der Waals surface area contributed by atoms with E-state index in [-0.39, 0.29) is 5.63 Å². The van der Waals surface area contributed by atoms with Crippen LogP contribution in [0.25, 0.3) is 21.0 Å². The first kappa shape index (κ1) is 11.5. The molecule has 1 aromatic carbocycles. The minimum absolute atomic E-state index is 0.246. The number of nitrogens with zero attached hydrogens (tertiary/aromatic N) is 1. The predicted molar refractivity (Wildman–Crippen MR) is 81.4 cm³/mol. The first-order chi connectivity index (χ1) is 9.81. The van der Waals surface area contributed by atoms with Gasteiger partial charge >= 0.3 is 5.63 Å². The molecular weight excluding hydrogens is 270 g/mol. The van der Waals surface area contributed by atoms with Crippen LogP contribution in [0.15, 0.2) is 63.3 Å². The van der Waals surface area contributed by atoms with Crippen molar-refractivity contribution >= 4 is 32.3 Å². The molecule has 3 aromatic heterocycles. The maximum atomic E-state index is 11.9. The van der Waals surface area contributed by atoms with Gasteiger partial charge < -0.3 is 8.98 Å². The SMILES string of the molecule is O=c1oc(Cn2ccc3ccccc32)cc2ccsc12. The van der Waals surface area contributed by atoms with E-state index in [1.54, 1.807) is 0 Å². The standard InChI is InChI=1S/C16H11NO2S/c18-16-15-12(6-8-20-15)9-13(19-16)10-17-7-5-11-3-1-2-4-14(11)17/h1-9H,10H2. The molecule has 0 aliphatic carbocycles. The number of benzene rings is 1. The van der Waals surface area contributed by atoms with Crippen LogP contribution in [-0.4, -0.2) is 4.57 Å². The normalized spacial score (nSPS) is 11.4. The lowest BCUT2D eigenvalue weighted by atomic mass is 10.2. The van der Waals surface area contributed by atoms with Gasteiger partial charge in [-0.25, -0.2) is 4.79 Å². The molecule has 0 saturated carbocycles. The van der Waals surface area contributed by atoms with Crippen molar-refractivity contribution in [1.82, 2.24) is 4.57 Å². The Balaban J connectivity index is 1.82. The van der Waals surface area contributed by atoms with Gasteiger partial charge in [0, 0.05) is 17.1 Å². The molecule has 0 fully saturated rings. The smallest absolute Gasteiger partial charge is 0.354 e. The van der Waals surface area contributed by atoms with Crippen molar-refractivity contribution in [2.24, 2.45) is 0 Å². The third kappa shape index (κ3) is 1.77. The van der Waals surface area contributed by atoms with Crippen LogP contribution in [0.4, 0.5) is 0 Å². The summed E-state index contributed by atoms with van der Waals surface area (Å²) in [6.07, 6.45) is 2.02. The van der Waals surface area contributed by atoms with Gasteiger partial charge in [0.25, 0.3) is 0 Å². The zero-order valence-electron chi connectivity index (χ0n) is 10.6. The van der Waals surface area contributed by atoms with E-state index in [1.807, 2.05) is 35.8 Å². The Bertz CT molecular complexity index is 961. The summed E-state index contributed by atoms with van der Waals surface area (Å²) in [6.45, 7) is 0.564. The lowest BCUT2D eigenvalue weighted by Gasteiger charge is -2.04. The van der Waals surface area contributed by atoms with E-state index in [9.17, 15) is 4.79 Å². The monoisotopic (exact) mass is 281 g/mol. The molecule has 0 saturated heterocycles. The van der Waals surface area contributed by atoms with E-state index in [4.69, 9.17) is 4.42 Å². The van der Waals surface area contributed by atoms with Crippen molar-refractivity contribution < 1.29 is 4.42 Å². The fourth-order valence-corrected chi connectivity index (χ4v) is 3.24. The molecule has 3 heterocycles. The van der Waals surface area contributed by atoms with Crippen molar-refractivity contribution in [2.45, 2.75) is 6.54 Å². The summed E-state index contributed by atoms with van der Waals surface area (Å²) < 4.78 is 8.18. The topological polar surface area (TPSA) is 35.1 Å². The van der Waals surface area contributed by atoms with E-state index in [0.29, 0.717) is 17.0 Å². The summed E-state index contributed by atoms with van der Waals surface area (Å²) in [4.78, 5) is 11.9. The molecule has 0 unspecified atom stereocenters. The second-order valence-electron chi connectivity index (χ2n) is 4.71. The quantitative estimate of drug-likeness (QED) is 0.559. The first-order valence-corrected chi connectivity index (χ1v) is 7.23. The second-order valence-corrected chi connectivity index (χ2v) is 5.62. The predicted octanol–water partition coefficient (Wildman–Crippen LogP) is 3.86. The van der Waals surface area contributed by atoms with Gasteiger partial charge in [-0.3, -0.25) is 0 Å². The highest BCUT2D eigenvalue weighted by atomic mass is 32.1. The zero-order valence-corrected chi connectivity index (χ0v) is 11.4. The van der Waals surface area contributed by atoms with Crippen LogP contribution in [-0.2, 0) is 6.54 Å². The summed E-state index contributed by atoms with van der Waals surface area (Å²) in [5, 5.41) is 4.06. The Kier molecular flexibility index (Phi) is 2.50. The van der Waals surface area contributed by atoms with Crippen molar-refractivity contribution in [2.75, 3.05) is 0 Å². The number of para-hydroxylation sites is 1. The maximum Gasteiger partial charge on any atom is 0.354 e. The summed E-state index contributed by atoms with van der Waals surface area (Å²) in [7, 11) is 0. The van der Waals surface area contributed by atoms with Crippen LogP contribution in [0.1, 0.15) is 5.76 Å². The Morgan fingerprint density at radius 2 is 2.00 bits per heavy atom. The zero-order chi connectivity index (χ0) is 13.5. The maximum absolute atomic E-state index is 11.9. The molecule has 0 radical (unpaired) electrons. The number of hydrogen-bond donors (Lipinski definition) is 0. The fourth-order valence-electron chi connectivity index (χ4n) is 2.49. The fraction of sp³-hybridized carbons (Fsp3) is 0.0625. The molecule has 98 valence electrons. The van der Waals surface area contributed by atoms with Crippen molar-refractivity contribution in [3.8, 4) is 0 Å². The van der Waals surface area contributed by atoms with E-state index < -0.39 is 0 Å². The molecule has 4 aromatic rings. The van der Waals surface area contributed by atoms with Crippen LogP contribution in [0.3, 0.4) is 0 Å². The van der Waals surface area contributed by atoms with Crippen LogP contribution in [0, 0.1) is 0 Å². The highest BCUT2D eigenvalue weighted by Crippen LogP contribution is 2.20. The number of thiophene rings is 1. The highest BCUT2D eigenvalue weighted by Gasteiger charge is 2.07. The average Bonchev–Trinajstić information content (AvgIpc) is 3.07. The summed E-state index contributed by atoms with van der Waals surface area (Å²) in [6, 6.07) is 14.1. The summed E-state index contributed by atoms with van der Waals surface area (Å²) in [5.74, 6) is 0.683. The van der Waals surface area contributed by atoms with Gasteiger partial charge in [-0.15, -0.1) is 11.3 Å². The number of fused-ring (bicyclic) bond motifs is 2. The van der Waals surface area contributed by atoms with E-state index >= 15 is 0 Å². The Morgan fingerprint density at radius 3 is 2.95 bits per heavy atom. The minimum Gasteiger partial charge on any atom is -0.425 e. The number of hydrogen-bond acceptors (Lipinski definition) is 3. The van der Waals surface area contributed by atoms with E-state index in [1.165, 1.54) is 16.7 Å². The van der Waals surface area contributed by atoms with Gasteiger partial charge in [-0.05, 0) is 35.0 Å². The lowest BCUT2D eigenvalue weighted by molar-refractivity contribution is 0.457. The number of rotatable bonds is 2. The van der Waals surface area contributed by atoms with Crippen molar-refractivity contribution in [3.63, 3.8) is 0 Å². The molecule has 20 heavy (non-hydrogen) atoms. The van der Waals surface area contributed by atoms with Gasteiger partial charge in [-0.1, -0.05) is 18.2 Å². The Hall–Kier alpha value is -2.33. The minimum atomic E-state index is -0.246. The molecule has 3 nitrogen and oxygen atoms in total. The molecule has 0 amide bonds. The summed E-state index contributed by atoms with van der Waals surface area (Å²) >= 11 is 1.42. The first-order valence-electron chi connectivity index (χ1n) is 6.35. The molecule has 0 spiro atoms. The molecule has 0 bridgehead atoms. The Morgan fingerprint density at radius 1 is 1.10 bits per heavy atom. The van der Waals surface area contributed by atoms with Crippen LogP contribution in [0.5, 0.6) is 0 Å². The van der Waals surface area contributed by atoms with Crippen molar-refractivity contribution in [3.05, 3.63) is 70.2 Å². The molecule has 0 aliphatic heterocycles. The molecular formula is C16H11NO2S. The lowest BCUT2D eigenvalue weighted by Crippen LogP contribution is -2.04. The van der Waals surface area contributed by atoms with Gasteiger partial charge in [0.2, 0.25) is 0 Å². The van der Waals surface area contributed by atoms with Crippen LogP contribution < -0.4 is 5.63 Å². The largest absolute Gasteiger partial charge is 0.425 e. The average molecular weight is 281 g/mol. The molecule has 0 aliphatic rings. The molecule has 0 atom stereocenters.